The number of aromatic nitrogens is 2. The number of rotatable bonds is 4. The summed E-state index contributed by atoms with van der Waals surface area (Å²) >= 11 is 0. The van der Waals surface area contributed by atoms with Gasteiger partial charge in [-0.25, -0.2) is 4.39 Å². The minimum atomic E-state index is -4.62. The van der Waals surface area contributed by atoms with Crippen molar-refractivity contribution in [1.82, 2.24) is 9.78 Å². The van der Waals surface area contributed by atoms with E-state index >= 15 is 4.39 Å². The first-order valence-electron chi connectivity index (χ1n) is 10.6. The van der Waals surface area contributed by atoms with Gasteiger partial charge in [0.1, 0.15) is 17.3 Å². The Morgan fingerprint density at radius 3 is 2.36 bits per heavy atom. The minimum Gasteiger partial charge on any atom is -0.494 e. The summed E-state index contributed by atoms with van der Waals surface area (Å²) in [5.74, 6) is -0.414. The first kappa shape index (κ1) is 22.9. The summed E-state index contributed by atoms with van der Waals surface area (Å²) in [6, 6.07) is 8.82. The van der Waals surface area contributed by atoms with Gasteiger partial charge < -0.3 is 15.4 Å². The molecule has 1 aliphatic rings. The van der Waals surface area contributed by atoms with Crippen LogP contribution in [-0.4, -0.2) is 23.4 Å². The van der Waals surface area contributed by atoms with Crippen LogP contribution >= 0.6 is 0 Å². The number of nitrogen functional groups attached to an aromatic ring is 1. The molecule has 3 aromatic rings. The molecule has 0 saturated heterocycles. The van der Waals surface area contributed by atoms with Crippen LogP contribution < -0.4 is 15.4 Å². The van der Waals surface area contributed by atoms with Crippen LogP contribution in [0, 0.1) is 5.82 Å². The Balaban J connectivity index is 2.04. The van der Waals surface area contributed by atoms with E-state index in [4.69, 9.17) is 10.5 Å². The van der Waals surface area contributed by atoms with E-state index in [9.17, 15) is 13.2 Å². The Kier molecular flexibility index (Phi) is 5.34. The van der Waals surface area contributed by atoms with Gasteiger partial charge in [-0.15, -0.1) is 0 Å². The van der Waals surface area contributed by atoms with Crippen molar-refractivity contribution in [3.8, 4) is 17.0 Å². The first-order chi connectivity index (χ1) is 15.4. The molecule has 0 atom stereocenters. The summed E-state index contributed by atoms with van der Waals surface area (Å²) in [5.41, 5.74) is 6.98. The fourth-order valence-electron chi connectivity index (χ4n) is 4.56. The average Bonchev–Trinajstić information content (AvgIpc) is 3.28. The smallest absolute Gasteiger partial charge is 0.433 e. The zero-order chi connectivity index (χ0) is 24.3. The standard InChI is InChI=1S/C24H26F4N4O/c1-13(2)32-19(24(26,27)28)11-16(30-32)20-14(25)10-18(33-5)22-21(20)23(3,4)12-31(22)17-9-7-6-8-15(17)29/h6-11,13H,12,29H2,1-5H3. The highest BCUT2D eigenvalue weighted by molar-refractivity contribution is 5.88. The highest BCUT2D eigenvalue weighted by Gasteiger charge is 2.44. The molecular weight excluding hydrogens is 436 g/mol. The summed E-state index contributed by atoms with van der Waals surface area (Å²) in [6.07, 6.45) is -4.62. The predicted octanol–water partition coefficient (Wildman–Crippen LogP) is 6.31. The van der Waals surface area contributed by atoms with Crippen molar-refractivity contribution in [3.63, 3.8) is 0 Å². The summed E-state index contributed by atoms with van der Waals surface area (Å²) < 4.78 is 63.1. The molecule has 2 heterocycles. The molecule has 9 heteroatoms. The van der Waals surface area contributed by atoms with Crippen LogP contribution in [-0.2, 0) is 11.6 Å². The molecule has 4 rings (SSSR count). The van der Waals surface area contributed by atoms with Crippen molar-refractivity contribution in [3.05, 3.63) is 53.5 Å². The van der Waals surface area contributed by atoms with Gasteiger partial charge in [-0.1, -0.05) is 26.0 Å². The van der Waals surface area contributed by atoms with E-state index in [2.05, 4.69) is 5.10 Å². The maximum absolute atomic E-state index is 15.5. The lowest BCUT2D eigenvalue weighted by atomic mass is 9.82. The van der Waals surface area contributed by atoms with Crippen LogP contribution in [0.2, 0.25) is 0 Å². The molecule has 2 aromatic carbocycles. The van der Waals surface area contributed by atoms with Crippen molar-refractivity contribution in [2.45, 2.75) is 45.3 Å². The van der Waals surface area contributed by atoms with Gasteiger partial charge in [-0.05, 0) is 37.6 Å². The maximum Gasteiger partial charge on any atom is 0.433 e. The summed E-state index contributed by atoms with van der Waals surface area (Å²) in [5, 5.41) is 4.19. The monoisotopic (exact) mass is 462 g/mol. The molecule has 5 nitrogen and oxygen atoms in total. The third-order valence-electron chi connectivity index (χ3n) is 5.94. The number of benzene rings is 2. The summed E-state index contributed by atoms with van der Waals surface area (Å²) in [4.78, 5) is 1.93. The largest absolute Gasteiger partial charge is 0.494 e. The van der Waals surface area contributed by atoms with Gasteiger partial charge in [0.05, 0.1) is 29.9 Å². The molecule has 2 N–H and O–H groups in total. The number of nitrogens with two attached hydrogens (primary N) is 1. The first-order valence-corrected chi connectivity index (χ1v) is 10.6. The van der Waals surface area contributed by atoms with Gasteiger partial charge >= 0.3 is 6.18 Å². The molecule has 1 aromatic heterocycles. The van der Waals surface area contributed by atoms with Gasteiger partial charge in [0.15, 0.2) is 0 Å². The Morgan fingerprint density at radius 2 is 1.82 bits per heavy atom. The van der Waals surface area contributed by atoms with Crippen molar-refractivity contribution >= 4 is 17.1 Å². The molecule has 0 amide bonds. The maximum atomic E-state index is 15.5. The van der Waals surface area contributed by atoms with Crippen LogP contribution in [0.1, 0.15) is 45.0 Å². The molecule has 0 fully saturated rings. The van der Waals surface area contributed by atoms with Crippen LogP contribution in [0.15, 0.2) is 36.4 Å². The normalized spacial score (nSPS) is 15.3. The number of nitrogens with zero attached hydrogens (tertiary/aromatic N) is 3. The number of para-hydroxylation sites is 2. The van der Waals surface area contributed by atoms with Crippen molar-refractivity contribution in [1.29, 1.82) is 0 Å². The number of halogens is 4. The van der Waals surface area contributed by atoms with Crippen molar-refractivity contribution in [2.24, 2.45) is 0 Å². The molecule has 0 bridgehead atoms. The quantitative estimate of drug-likeness (QED) is 0.365. The number of hydrogen-bond acceptors (Lipinski definition) is 4. The lowest BCUT2D eigenvalue weighted by Crippen LogP contribution is -2.25. The van der Waals surface area contributed by atoms with E-state index in [1.165, 1.54) is 13.2 Å². The van der Waals surface area contributed by atoms with Crippen LogP contribution in [0.4, 0.5) is 34.6 Å². The van der Waals surface area contributed by atoms with Gasteiger partial charge in [0.2, 0.25) is 0 Å². The average molecular weight is 462 g/mol. The van der Waals surface area contributed by atoms with E-state index in [-0.39, 0.29) is 17.0 Å². The molecule has 33 heavy (non-hydrogen) atoms. The fraction of sp³-hybridized carbons (Fsp3) is 0.375. The molecule has 1 aliphatic heterocycles. The van der Waals surface area contributed by atoms with Crippen molar-refractivity contribution in [2.75, 3.05) is 24.3 Å². The topological polar surface area (TPSA) is 56.3 Å². The van der Waals surface area contributed by atoms with Crippen molar-refractivity contribution < 1.29 is 22.3 Å². The van der Waals surface area contributed by atoms with Crippen LogP contribution in [0.25, 0.3) is 11.3 Å². The third-order valence-corrected chi connectivity index (χ3v) is 5.94. The van der Waals surface area contributed by atoms with E-state index in [0.717, 1.165) is 10.7 Å². The lowest BCUT2D eigenvalue weighted by Gasteiger charge is -2.24. The van der Waals surface area contributed by atoms with E-state index in [1.807, 2.05) is 36.9 Å². The van der Waals surface area contributed by atoms with E-state index in [1.54, 1.807) is 19.9 Å². The SMILES string of the molecule is COc1cc(F)c(-c2cc(C(F)(F)F)n(C(C)C)n2)c2c1N(c1ccccc1N)CC2(C)C. The molecule has 0 unspecified atom stereocenters. The zero-order valence-corrected chi connectivity index (χ0v) is 19.1. The van der Waals surface area contributed by atoms with Gasteiger partial charge in [-0.2, -0.15) is 18.3 Å². The Bertz CT molecular complexity index is 1210. The molecule has 0 aliphatic carbocycles. The molecule has 0 saturated carbocycles. The van der Waals surface area contributed by atoms with E-state index in [0.29, 0.717) is 29.2 Å². The third kappa shape index (κ3) is 3.69. The summed E-state index contributed by atoms with van der Waals surface area (Å²) in [6.45, 7) is 7.46. The Hall–Kier alpha value is -3.23. The highest BCUT2D eigenvalue weighted by Crippen LogP contribution is 2.54. The number of anilines is 3. The van der Waals surface area contributed by atoms with Crippen LogP contribution in [0.3, 0.4) is 0 Å². The van der Waals surface area contributed by atoms with Crippen LogP contribution in [0.5, 0.6) is 5.75 Å². The molecule has 0 spiro atoms. The number of ether oxygens (including phenoxy) is 1. The number of methoxy groups -OCH3 is 1. The lowest BCUT2D eigenvalue weighted by molar-refractivity contribution is -0.144. The molecular formula is C24H26F4N4O. The zero-order valence-electron chi connectivity index (χ0n) is 19.1. The van der Waals surface area contributed by atoms with Gasteiger partial charge in [0.25, 0.3) is 0 Å². The summed E-state index contributed by atoms with van der Waals surface area (Å²) in [7, 11) is 1.43. The van der Waals surface area contributed by atoms with Gasteiger partial charge in [-0.3, -0.25) is 4.68 Å². The number of hydrogen-bond donors (Lipinski definition) is 1. The minimum absolute atomic E-state index is 0.0395. The Morgan fingerprint density at radius 1 is 1.15 bits per heavy atom. The van der Waals surface area contributed by atoms with Gasteiger partial charge in [0, 0.05) is 29.6 Å². The number of alkyl halides is 3. The highest BCUT2D eigenvalue weighted by atomic mass is 19.4. The second-order valence-corrected chi connectivity index (χ2v) is 9.14. The second-order valence-electron chi connectivity index (χ2n) is 9.14. The predicted molar refractivity (Wildman–Crippen MR) is 120 cm³/mol. The Labute approximate surface area is 189 Å². The fourth-order valence-corrected chi connectivity index (χ4v) is 4.56. The van der Waals surface area contributed by atoms with E-state index < -0.39 is 29.1 Å². The number of fused-ring (bicyclic) bond motifs is 1. The second kappa shape index (κ2) is 7.67. The molecule has 176 valence electrons. The molecule has 0 radical (unpaired) electrons.